The first-order chi connectivity index (χ1) is 14.1. The zero-order chi connectivity index (χ0) is 19.7. The van der Waals surface area contributed by atoms with Gasteiger partial charge in [0, 0.05) is 41.7 Å². The number of carbonyl (C=O) groups is 2. The first kappa shape index (κ1) is 18.3. The summed E-state index contributed by atoms with van der Waals surface area (Å²) in [5, 5.41) is 4.01. The Balaban J connectivity index is 1.47. The van der Waals surface area contributed by atoms with Crippen LogP contribution in [0, 0.1) is 42.4 Å². The minimum absolute atomic E-state index is 0.00356. The van der Waals surface area contributed by atoms with Gasteiger partial charge >= 0.3 is 0 Å². The molecule has 0 amide bonds. The monoisotopic (exact) mass is 391 g/mol. The lowest BCUT2D eigenvalue weighted by Crippen LogP contribution is -2.58. The van der Waals surface area contributed by atoms with Crippen molar-refractivity contribution in [2.24, 2.45) is 35.5 Å². The van der Waals surface area contributed by atoms with Crippen molar-refractivity contribution in [3.63, 3.8) is 0 Å². The van der Waals surface area contributed by atoms with Crippen molar-refractivity contribution in [1.82, 2.24) is 5.32 Å². The summed E-state index contributed by atoms with van der Waals surface area (Å²) >= 11 is 0. The van der Waals surface area contributed by atoms with E-state index < -0.39 is 0 Å². The molecule has 1 saturated heterocycles. The highest BCUT2D eigenvalue weighted by molar-refractivity contribution is 5.93. The molecule has 1 aromatic rings. The molecule has 1 aliphatic heterocycles. The molecule has 0 aromatic heterocycles. The van der Waals surface area contributed by atoms with Gasteiger partial charge < -0.3 is 5.32 Å². The lowest BCUT2D eigenvalue weighted by atomic mass is 9.67. The lowest BCUT2D eigenvalue weighted by Gasteiger charge is -2.45. The van der Waals surface area contributed by atoms with Crippen LogP contribution in [0.1, 0.15) is 68.4 Å². The molecule has 5 fully saturated rings. The van der Waals surface area contributed by atoms with Crippen LogP contribution in [0.25, 0.3) is 0 Å². The van der Waals surface area contributed by atoms with Gasteiger partial charge in [-0.2, -0.15) is 0 Å². The van der Waals surface area contributed by atoms with Gasteiger partial charge in [0.15, 0.2) is 0 Å². The number of nitrogens with one attached hydrogen (secondary N) is 1. The zero-order valence-corrected chi connectivity index (χ0v) is 17.5. The number of hydrogen-bond acceptors (Lipinski definition) is 3. The van der Waals surface area contributed by atoms with E-state index in [0.717, 1.165) is 12.8 Å². The molecule has 0 radical (unpaired) electrons. The molecule has 1 N–H and O–H groups in total. The van der Waals surface area contributed by atoms with Crippen molar-refractivity contribution in [2.75, 3.05) is 0 Å². The molecule has 8 atom stereocenters. The highest BCUT2D eigenvalue weighted by Crippen LogP contribution is 2.58. The Bertz CT molecular complexity index is 784. The van der Waals surface area contributed by atoms with Crippen molar-refractivity contribution >= 4 is 11.6 Å². The number of rotatable bonds is 1. The number of ketones is 2. The van der Waals surface area contributed by atoms with Crippen LogP contribution in [0.2, 0.25) is 0 Å². The van der Waals surface area contributed by atoms with Crippen LogP contribution in [-0.4, -0.2) is 23.7 Å². The maximum Gasteiger partial charge on any atom is 0.141 e. The highest BCUT2D eigenvalue weighted by Gasteiger charge is 2.64. The highest BCUT2D eigenvalue weighted by atomic mass is 16.1. The third-order valence-electron chi connectivity index (χ3n) is 9.34. The van der Waals surface area contributed by atoms with Crippen LogP contribution >= 0.6 is 0 Å². The molecule has 3 heteroatoms. The van der Waals surface area contributed by atoms with Crippen LogP contribution < -0.4 is 5.32 Å². The molecular formula is C26H33NO2. The number of benzene rings is 1. The lowest BCUT2D eigenvalue weighted by molar-refractivity contribution is -0.129. The van der Waals surface area contributed by atoms with E-state index in [9.17, 15) is 9.59 Å². The number of aryl methyl sites for hydroxylation is 1. The predicted molar refractivity (Wildman–Crippen MR) is 113 cm³/mol. The van der Waals surface area contributed by atoms with Gasteiger partial charge in [-0.1, -0.05) is 55.5 Å². The van der Waals surface area contributed by atoms with E-state index in [1.54, 1.807) is 0 Å². The number of piperidine rings is 1. The summed E-state index contributed by atoms with van der Waals surface area (Å²) in [7, 11) is 0. The van der Waals surface area contributed by atoms with Crippen LogP contribution in [0.15, 0.2) is 24.3 Å². The van der Waals surface area contributed by atoms with Gasteiger partial charge in [0.05, 0.1) is 0 Å². The second-order valence-corrected chi connectivity index (χ2v) is 10.6. The van der Waals surface area contributed by atoms with Crippen LogP contribution in [0.4, 0.5) is 0 Å². The summed E-state index contributed by atoms with van der Waals surface area (Å²) in [5.41, 5.74) is 2.48. The maximum absolute atomic E-state index is 13.7. The van der Waals surface area contributed by atoms with Crippen LogP contribution in [0.5, 0.6) is 0 Å². The van der Waals surface area contributed by atoms with Crippen molar-refractivity contribution in [2.45, 2.75) is 76.3 Å². The van der Waals surface area contributed by atoms with Crippen molar-refractivity contribution < 1.29 is 9.59 Å². The molecule has 3 nitrogen and oxygen atoms in total. The van der Waals surface area contributed by atoms with Crippen molar-refractivity contribution in [3.8, 4) is 0 Å². The van der Waals surface area contributed by atoms with E-state index in [4.69, 9.17) is 0 Å². The van der Waals surface area contributed by atoms with Gasteiger partial charge in [-0.25, -0.2) is 0 Å². The standard InChI is InChI=1S/C26H33NO2/c1-14-10-12-15(13-11-14)20-21-23(16-6-2-4-8-18(16)25(21)28)27-24-17-7-3-5-9-19(17)26(29)22(20)24/h10-13,16-24,27H,2-9H2,1H3. The van der Waals surface area contributed by atoms with Gasteiger partial charge in [-0.05, 0) is 50.0 Å². The van der Waals surface area contributed by atoms with Gasteiger partial charge in [0.2, 0.25) is 0 Å². The van der Waals surface area contributed by atoms with Gasteiger partial charge in [0.25, 0.3) is 0 Å². The zero-order valence-electron chi connectivity index (χ0n) is 17.5. The topological polar surface area (TPSA) is 46.2 Å². The van der Waals surface area contributed by atoms with E-state index in [0.29, 0.717) is 23.4 Å². The maximum atomic E-state index is 13.7. The SMILES string of the molecule is Cc1ccc(C2C3C(=O)C4CCCCC4C3NC3C4CCCCC4C(=O)C32)cc1. The normalized spacial score (nSPS) is 46.0. The molecule has 4 aliphatic carbocycles. The largest absolute Gasteiger partial charge is 0.309 e. The average molecular weight is 392 g/mol. The van der Waals surface area contributed by atoms with E-state index >= 15 is 0 Å². The minimum atomic E-state index is -0.00356. The fourth-order valence-corrected chi connectivity index (χ4v) is 8.17. The second kappa shape index (κ2) is 6.77. The number of Topliss-reactive ketones (excluding diaryl/α,β-unsaturated/α-hetero) is 2. The molecule has 154 valence electrons. The summed E-state index contributed by atoms with van der Waals surface area (Å²) in [6, 6.07) is 9.33. The van der Waals surface area contributed by atoms with Gasteiger partial charge in [-0.15, -0.1) is 0 Å². The van der Waals surface area contributed by atoms with E-state index in [1.165, 1.54) is 49.7 Å². The van der Waals surface area contributed by atoms with E-state index in [-0.39, 0.29) is 41.7 Å². The van der Waals surface area contributed by atoms with Crippen molar-refractivity contribution in [1.29, 1.82) is 0 Å². The molecule has 6 rings (SSSR count). The molecule has 1 aromatic carbocycles. The molecule has 0 spiro atoms. The molecule has 0 bridgehead atoms. The Kier molecular flexibility index (Phi) is 4.27. The minimum Gasteiger partial charge on any atom is -0.309 e. The van der Waals surface area contributed by atoms with E-state index in [2.05, 4.69) is 36.5 Å². The second-order valence-electron chi connectivity index (χ2n) is 10.6. The molecule has 5 aliphatic rings. The Morgan fingerprint density at radius 1 is 0.690 bits per heavy atom. The Morgan fingerprint density at radius 2 is 1.17 bits per heavy atom. The average Bonchev–Trinajstić information content (AvgIpc) is 3.21. The molecule has 29 heavy (non-hydrogen) atoms. The molecule has 8 unspecified atom stereocenters. The quantitative estimate of drug-likeness (QED) is 0.770. The van der Waals surface area contributed by atoms with E-state index in [1.807, 2.05) is 0 Å². The third-order valence-corrected chi connectivity index (χ3v) is 9.34. The van der Waals surface area contributed by atoms with Crippen LogP contribution in [0.3, 0.4) is 0 Å². The van der Waals surface area contributed by atoms with Crippen molar-refractivity contribution in [3.05, 3.63) is 35.4 Å². The number of hydrogen-bond donors (Lipinski definition) is 1. The molecule has 1 heterocycles. The first-order valence-electron chi connectivity index (χ1n) is 12.1. The van der Waals surface area contributed by atoms with Crippen LogP contribution in [-0.2, 0) is 9.59 Å². The van der Waals surface area contributed by atoms with Gasteiger partial charge in [0.1, 0.15) is 11.6 Å². The van der Waals surface area contributed by atoms with Gasteiger partial charge in [-0.3, -0.25) is 9.59 Å². The summed E-state index contributed by atoms with van der Waals surface area (Å²) in [6.07, 6.45) is 9.40. The molecule has 4 saturated carbocycles. The summed E-state index contributed by atoms with van der Waals surface area (Å²) < 4.78 is 0. The number of carbonyl (C=O) groups excluding carboxylic acids is 2. The third kappa shape index (κ3) is 2.59. The smallest absolute Gasteiger partial charge is 0.141 e. The fraction of sp³-hybridized carbons (Fsp3) is 0.692. The predicted octanol–water partition coefficient (Wildman–Crippen LogP) is 4.43. The Labute approximate surface area is 174 Å². The Morgan fingerprint density at radius 3 is 1.69 bits per heavy atom. The Hall–Kier alpha value is -1.48. The summed E-state index contributed by atoms with van der Waals surface area (Å²) in [6.45, 7) is 2.11. The summed E-state index contributed by atoms with van der Waals surface area (Å²) in [4.78, 5) is 27.4. The summed E-state index contributed by atoms with van der Waals surface area (Å²) in [5.74, 6) is 2.47. The number of fused-ring (bicyclic) bond motifs is 6. The first-order valence-corrected chi connectivity index (χ1v) is 12.1. The molecular weight excluding hydrogens is 358 g/mol. The fourth-order valence-electron chi connectivity index (χ4n) is 8.17.